The summed E-state index contributed by atoms with van der Waals surface area (Å²) in [5, 5.41) is 17.4. The van der Waals surface area contributed by atoms with Gasteiger partial charge in [0.25, 0.3) is 11.8 Å². The molecule has 3 heterocycles. The van der Waals surface area contributed by atoms with Crippen molar-refractivity contribution >= 4 is 52.3 Å². The zero-order valence-corrected chi connectivity index (χ0v) is 23.2. The molecule has 0 fully saturated rings. The number of hydrogen-bond donors (Lipinski definition) is 2. The molecule has 0 spiro atoms. The van der Waals surface area contributed by atoms with Crippen molar-refractivity contribution in [3.05, 3.63) is 74.4 Å². The molecule has 0 aliphatic heterocycles. The number of alkyl halides is 7. The Morgan fingerprint density at radius 3 is 2.21 bits per heavy atom. The maximum atomic E-state index is 14.3. The molecule has 11 nitrogen and oxygen atoms in total. The van der Waals surface area contributed by atoms with E-state index in [0.717, 1.165) is 10.7 Å². The van der Waals surface area contributed by atoms with Crippen molar-refractivity contribution in [1.29, 1.82) is 0 Å². The average Bonchev–Trinajstić information content (AvgIpc) is 3.55. The van der Waals surface area contributed by atoms with Crippen LogP contribution in [0.25, 0.3) is 5.82 Å². The number of carbonyl (C=O) groups excluding carboxylic acids is 2. The second-order valence-corrected chi connectivity index (χ2v) is 9.63. The first-order chi connectivity index (χ1) is 20.0. The van der Waals surface area contributed by atoms with Crippen LogP contribution in [0.3, 0.4) is 0 Å². The van der Waals surface area contributed by atoms with Crippen LogP contribution in [0.2, 0.25) is 15.1 Å². The van der Waals surface area contributed by atoms with Crippen molar-refractivity contribution in [3.63, 3.8) is 0 Å². The van der Waals surface area contributed by atoms with Gasteiger partial charge in [0.15, 0.2) is 5.82 Å². The number of pyridine rings is 1. The Balaban J connectivity index is 1.76. The highest BCUT2D eigenvalue weighted by Crippen LogP contribution is 2.51. The SMILES string of the molecule is CNC(=O)c1cc(Cl)cc(Cl)c1NC(=O)c1cc(Cn2nnc(C(F)(C(F)(F)F)C(F)(F)F)n2)nn1-c1ncccc1Cl. The van der Waals surface area contributed by atoms with Crippen LogP contribution in [0, 0.1) is 0 Å². The number of nitrogens with one attached hydrogen (secondary N) is 2. The van der Waals surface area contributed by atoms with Gasteiger partial charge in [0.05, 0.1) is 27.0 Å². The smallest absolute Gasteiger partial charge is 0.355 e. The second kappa shape index (κ2) is 11.6. The van der Waals surface area contributed by atoms with E-state index in [-0.39, 0.29) is 48.3 Å². The van der Waals surface area contributed by atoms with Gasteiger partial charge in [0.2, 0.25) is 5.82 Å². The second-order valence-electron chi connectivity index (χ2n) is 8.38. The van der Waals surface area contributed by atoms with Crippen molar-refractivity contribution in [2.75, 3.05) is 12.4 Å². The van der Waals surface area contributed by atoms with E-state index in [1.165, 1.54) is 37.5 Å². The molecule has 21 heteroatoms. The molecule has 0 unspecified atom stereocenters. The van der Waals surface area contributed by atoms with Crippen LogP contribution < -0.4 is 10.6 Å². The molecule has 4 aromatic rings. The Morgan fingerprint density at radius 2 is 1.60 bits per heavy atom. The standard InChI is InChI=1S/C22H13Cl3F7N9O2/c1-33-17(42)11-5-9(23)6-13(25)15(11)35-18(43)14-7-10(37-41(14)16-12(24)3-2-4-34-16)8-40-38-19(36-39-40)20(26,21(27,28)29)22(30,31)32/h2-7H,8H2,1H3,(H,33,42)(H,35,43). The van der Waals surface area contributed by atoms with Gasteiger partial charge in [-0.25, -0.2) is 14.1 Å². The Labute approximate surface area is 249 Å². The molecule has 0 aliphatic rings. The largest absolute Gasteiger partial charge is 0.439 e. The highest BCUT2D eigenvalue weighted by molar-refractivity contribution is 6.38. The lowest BCUT2D eigenvalue weighted by Gasteiger charge is -2.26. The van der Waals surface area contributed by atoms with E-state index in [4.69, 9.17) is 34.8 Å². The van der Waals surface area contributed by atoms with E-state index in [0.29, 0.717) is 0 Å². The molecular formula is C22H13Cl3F7N9O2. The number of amides is 2. The first-order valence-electron chi connectivity index (χ1n) is 11.3. The van der Waals surface area contributed by atoms with Gasteiger partial charge < -0.3 is 10.6 Å². The molecule has 4 rings (SSSR count). The number of carbonyl (C=O) groups is 2. The molecule has 0 aliphatic carbocycles. The zero-order chi connectivity index (χ0) is 31.9. The van der Waals surface area contributed by atoms with E-state index in [9.17, 15) is 40.3 Å². The highest BCUT2D eigenvalue weighted by atomic mass is 35.5. The predicted octanol–water partition coefficient (Wildman–Crippen LogP) is 5.16. The van der Waals surface area contributed by atoms with Crippen molar-refractivity contribution in [1.82, 2.24) is 40.3 Å². The van der Waals surface area contributed by atoms with Gasteiger partial charge in [-0.05, 0) is 35.5 Å². The number of anilines is 1. The number of nitrogens with zero attached hydrogens (tertiary/aromatic N) is 7. The zero-order valence-electron chi connectivity index (χ0n) is 20.9. The van der Waals surface area contributed by atoms with Crippen molar-refractivity contribution < 1.29 is 40.3 Å². The molecule has 0 saturated carbocycles. The van der Waals surface area contributed by atoms with Crippen molar-refractivity contribution in [2.45, 2.75) is 24.6 Å². The first-order valence-corrected chi connectivity index (χ1v) is 12.4. The van der Waals surface area contributed by atoms with Gasteiger partial charge in [-0.1, -0.05) is 34.8 Å². The summed E-state index contributed by atoms with van der Waals surface area (Å²) < 4.78 is 93.8. The van der Waals surface area contributed by atoms with Gasteiger partial charge in [0, 0.05) is 18.3 Å². The number of benzene rings is 1. The highest BCUT2D eigenvalue weighted by Gasteiger charge is 2.76. The fraction of sp³-hybridized carbons (Fsp3) is 0.227. The summed E-state index contributed by atoms with van der Waals surface area (Å²) in [5.41, 5.74) is -6.80. The van der Waals surface area contributed by atoms with Gasteiger partial charge >= 0.3 is 18.0 Å². The summed E-state index contributed by atoms with van der Waals surface area (Å²) in [4.78, 5) is 30.0. The summed E-state index contributed by atoms with van der Waals surface area (Å²) in [7, 11) is 1.31. The van der Waals surface area contributed by atoms with Crippen LogP contribution >= 0.6 is 34.8 Å². The first kappa shape index (κ1) is 31.9. The molecule has 1 aromatic carbocycles. The van der Waals surface area contributed by atoms with Crippen LogP contribution in [0.15, 0.2) is 36.5 Å². The third-order valence-electron chi connectivity index (χ3n) is 5.54. The number of halogens is 10. The van der Waals surface area contributed by atoms with Gasteiger partial charge in [-0.15, -0.1) is 10.2 Å². The Morgan fingerprint density at radius 1 is 0.930 bits per heavy atom. The van der Waals surface area contributed by atoms with E-state index in [2.05, 4.69) is 36.1 Å². The monoisotopic (exact) mass is 673 g/mol. The van der Waals surface area contributed by atoms with Gasteiger partial charge in [-0.3, -0.25) is 9.59 Å². The Hall–Kier alpha value is -4.03. The molecule has 228 valence electrons. The molecule has 3 aromatic heterocycles. The van der Waals surface area contributed by atoms with Gasteiger partial charge in [0.1, 0.15) is 12.2 Å². The minimum absolute atomic E-state index is 0.0273. The predicted molar refractivity (Wildman–Crippen MR) is 136 cm³/mol. The molecule has 0 atom stereocenters. The Kier molecular flexibility index (Phi) is 8.58. The lowest BCUT2D eigenvalue weighted by molar-refractivity contribution is -0.351. The quantitative estimate of drug-likeness (QED) is 0.259. The summed E-state index contributed by atoms with van der Waals surface area (Å²) >= 11 is 18.4. The number of hydrogen-bond acceptors (Lipinski definition) is 7. The van der Waals surface area contributed by atoms with E-state index in [1.807, 2.05) is 0 Å². The summed E-state index contributed by atoms with van der Waals surface area (Å²) in [6.07, 6.45) is -11.6. The number of rotatable bonds is 7. The summed E-state index contributed by atoms with van der Waals surface area (Å²) in [6, 6.07) is 6.33. The molecule has 0 saturated heterocycles. The molecule has 0 radical (unpaired) electrons. The lowest BCUT2D eigenvalue weighted by Crippen LogP contribution is -2.51. The third-order valence-corrected chi connectivity index (χ3v) is 6.35. The summed E-state index contributed by atoms with van der Waals surface area (Å²) in [5.74, 6) is -4.08. The van der Waals surface area contributed by atoms with Crippen LogP contribution in [-0.4, -0.2) is 66.2 Å². The average molecular weight is 675 g/mol. The van der Waals surface area contributed by atoms with Crippen LogP contribution in [0.4, 0.5) is 36.4 Å². The third kappa shape index (κ3) is 6.07. The topological polar surface area (TPSA) is 133 Å². The van der Waals surface area contributed by atoms with Crippen molar-refractivity contribution in [2.24, 2.45) is 0 Å². The van der Waals surface area contributed by atoms with E-state index in [1.54, 1.807) is 0 Å². The normalized spacial score (nSPS) is 12.3. The molecule has 2 amide bonds. The Bertz CT molecular complexity index is 1690. The van der Waals surface area contributed by atoms with Crippen LogP contribution in [-0.2, 0) is 12.2 Å². The molecular weight excluding hydrogens is 662 g/mol. The van der Waals surface area contributed by atoms with Crippen LogP contribution in [0.1, 0.15) is 32.4 Å². The minimum Gasteiger partial charge on any atom is -0.355 e. The van der Waals surface area contributed by atoms with Crippen LogP contribution in [0.5, 0.6) is 0 Å². The van der Waals surface area contributed by atoms with E-state index < -0.39 is 42.2 Å². The molecule has 43 heavy (non-hydrogen) atoms. The minimum atomic E-state index is -6.46. The van der Waals surface area contributed by atoms with Crippen molar-refractivity contribution in [3.8, 4) is 5.82 Å². The molecule has 0 bridgehead atoms. The fourth-order valence-corrected chi connectivity index (χ4v) is 4.31. The number of tetrazole rings is 1. The maximum Gasteiger partial charge on any atom is 0.439 e. The molecule has 2 N–H and O–H groups in total. The van der Waals surface area contributed by atoms with Gasteiger partial charge in [-0.2, -0.15) is 36.2 Å². The van der Waals surface area contributed by atoms with E-state index >= 15 is 0 Å². The maximum absolute atomic E-state index is 14.3. The summed E-state index contributed by atoms with van der Waals surface area (Å²) in [6.45, 7) is -0.790. The lowest BCUT2D eigenvalue weighted by atomic mass is 10.1. The number of aromatic nitrogens is 7. The fourth-order valence-electron chi connectivity index (χ4n) is 3.56.